The van der Waals surface area contributed by atoms with Crippen LogP contribution in [-0.4, -0.2) is 5.78 Å². The minimum Gasteiger partial charge on any atom is -0.289 e. The molecule has 94 valence electrons. The van der Waals surface area contributed by atoms with Crippen molar-refractivity contribution in [3.05, 3.63) is 34.9 Å². The van der Waals surface area contributed by atoms with Gasteiger partial charge in [0.1, 0.15) is 0 Å². The van der Waals surface area contributed by atoms with Crippen molar-refractivity contribution < 1.29 is 4.79 Å². The molecule has 0 aliphatic heterocycles. The molecule has 0 radical (unpaired) electrons. The quantitative estimate of drug-likeness (QED) is 0.602. The van der Waals surface area contributed by atoms with Crippen LogP contribution in [0.4, 0.5) is 0 Å². The smallest absolute Gasteiger partial charge is 0.186 e. The predicted octanol–water partition coefficient (Wildman–Crippen LogP) is 4.46. The second-order valence-electron chi connectivity index (χ2n) is 6.73. The summed E-state index contributed by atoms with van der Waals surface area (Å²) >= 11 is 0. The third-order valence-corrected chi connectivity index (χ3v) is 3.06. The highest BCUT2D eigenvalue weighted by molar-refractivity contribution is 6.11. The van der Waals surface area contributed by atoms with E-state index in [1.54, 1.807) is 0 Å². The molecule has 0 saturated heterocycles. The summed E-state index contributed by atoms with van der Waals surface area (Å²) in [4.78, 5) is 12.5. The first kappa shape index (κ1) is 14.0. The third kappa shape index (κ3) is 2.96. The first-order valence-electron chi connectivity index (χ1n) is 6.22. The van der Waals surface area contributed by atoms with Gasteiger partial charge in [0, 0.05) is 11.1 Å². The van der Waals surface area contributed by atoms with E-state index in [9.17, 15) is 4.79 Å². The van der Waals surface area contributed by atoms with Crippen molar-refractivity contribution in [1.82, 2.24) is 0 Å². The molecule has 1 nitrogen and oxygen atoms in total. The Hall–Kier alpha value is -1.11. The molecule has 1 rings (SSSR count). The van der Waals surface area contributed by atoms with Gasteiger partial charge in [-0.3, -0.25) is 4.79 Å². The second-order valence-corrected chi connectivity index (χ2v) is 6.73. The van der Waals surface area contributed by atoms with Crippen LogP contribution >= 0.6 is 0 Å². The van der Waals surface area contributed by atoms with E-state index in [4.69, 9.17) is 0 Å². The fourth-order valence-electron chi connectivity index (χ4n) is 1.93. The lowest BCUT2D eigenvalue weighted by Gasteiger charge is -2.31. The van der Waals surface area contributed by atoms with Crippen molar-refractivity contribution in [1.29, 1.82) is 0 Å². The fourth-order valence-corrected chi connectivity index (χ4v) is 1.93. The molecule has 0 aromatic rings. The van der Waals surface area contributed by atoms with Gasteiger partial charge in [-0.25, -0.2) is 0 Å². The molecule has 1 aliphatic carbocycles. The Morgan fingerprint density at radius 1 is 0.882 bits per heavy atom. The summed E-state index contributed by atoms with van der Waals surface area (Å²) in [6.45, 7) is 14.6. The highest BCUT2D eigenvalue weighted by Crippen LogP contribution is 2.38. The van der Waals surface area contributed by atoms with Gasteiger partial charge in [0.05, 0.1) is 0 Å². The van der Waals surface area contributed by atoms with E-state index < -0.39 is 0 Å². The molecule has 0 N–H and O–H groups in total. The Morgan fingerprint density at radius 2 is 1.24 bits per heavy atom. The van der Waals surface area contributed by atoms with Crippen LogP contribution in [-0.2, 0) is 4.79 Å². The number of carbonyl (C=O) groups is 1. The zero-order chi connectivity index (χ0) is 13.4. The number of allylic oxidation sites excluding steroid dienone is 6. The molecular formula is C16H24O. The number of rotatable bonds is 0. The van der Waals surface area contributed by atoms with Crippen molar-refractivity contribution in [3.63, 3.8) is 0 Å². The molecule has 1 aliphatic rings. The van der Waals surface area contributed by atoms with E-state index in [1.165, 1.54) is 0 Å². The van der Waals surface area contributed by atoms with Crippen LogP contribution in [0.5, 0.6) is 0 Å². The monoisotopic (exact) mass is 232 g/mol. The minimum absolute atomic E-state index is 0.101. The molecule has 0 fully saturated rings. The van der Waals surface area contributed by atoms with Gasteiger partial charge in [-0.15, -0.1) is 0 Å². The molecule has 17 heavy (non-hydrogen) atoms. The Labute approximate surface area is 105 Å². The maximum Gasteiger partial charge on any atom is 0.186 e. The van der Waals surface area contributed by atoms with Crippen molar-refractivity contribution in [2.75, 3.05) is 0 Å². The van der Waals surface area contributed by atoms with E-state index in [2.05, 4.69) is 47.6 Å². The Morgan fingerprint density at radius 3 is 1.47 bits per heavy atom. The van der Waals surface area contributed by atoms with Gasteiger partial charge in [0.25, 0.3) is 0 Å². The summed E-state index contributed by atoms with van der Waals surface area (Å²) in [5, 5.41) is 0. The molecule has 0 unspecified atom stereocenters. The highest BCUT2D eigenvalue weighted by Gasteiger charge is 2.33. The van der Waals surface area contributed by atoms with Crippen LogP contribution in [0.2, 0.25) is 0 Å². The Kier molecular flexibility index (Phi) is 3.52. The van der Waals surface area contributed by atoms with E-state index in [1.807, 2.05) is 19.1 Å². The van der Waals surface area contributed by atoms with Gasteiger partial charge < -0.3 is 0 Å². The maximum atomic E-state index is 12.5. The minimum atomic E-state index is -0.101. The van der Waals surface area contributed by atoms with Crippen LogP contribution in [0.15, 0.2) is 34.9 Å². The summed E-state index contributed by atoms with van der Waals surface area (Å²) in [5.74, 6) is 0.204. The van der Waals surface area contributed by atoms with Crippen LogP contribution in [0.25, 0.3) is 0 Å². The van der Waals surface area contributed by atoms with Gasteiger partial charge in [0.2, 0.25) is 0 Å². The molecule has 0 bridgehead atoms. The van der Waals surface area contributed by atoms with Crippen LogP contribution in [0.3, 0.4) is 0 Å². The highest BCUT2D eigenvalue weighted by atomic mass is 16.1. The Bertz CT molecular complexity index is 381. The lowest BCUT2D eigenvalue weighted by molar-refractivity contribution is -0.114. The summed E-state index contributed by atoms with van der Waals surface area (Å²) in [5.41, 5.74) is 2.77. The average molecular weight is 232 g/mol. The second kappa shape index (κ2) is 4.29. The van der Waals surface area contributed by atoms with Crippen LogP contribution in [0, 0.1) is 10.8 Å². The first-order chi connectivity index (χ1) is 7.57. The molecule has 0 atom stereocenters. The molecule has 0 saturated carbocycles. The van der Waals surface area contributed by atoms with Gasteiger partial charge >= 0.3 is 0 Å². The summed E-state index contributed by atoms with van der Waals surface area (Å²) in [6, 6.07) is 0. The van der Waals surface area contributed by atoms with Gasteiger partial charge in [-0.1, -0.05) is 47.6 Å². The summed E-state index contributed by atoms with van der Waals surface area (Å²) in [7, 11) is 0. The van der Waals surface area contributed by atoms with Gasteiger partial charge in [0.15, 0.2) is 5.78 Å². The van der Waals surface area contributed by atoms with Crippen molar-refractivity contribution >= 4 is 5.78 Å². The largest absolute Gasteiger partial charge is 0.289 e. The number of ketones is 1. The molecule has 0 aromatic heterocycles. The SMILES string of the molecule is CC=C1C=C(C(C)(C)C)C(=O)C(C(C)(C)C)=C1. The first-order valence-corrected chi connectivity index (χ1v) is 6.22. The molecule has 0 spiro atoms. The van der Waals surface area contributed by atoms with Gasteiger partial charge in [-0.05, 0) is 35.5 Å². The van der Waals surface area contributed by atoms with Crippen molar-refractivity contribution in [2.24, 2.45) is 10.8 Å². The predicted molar refractivity (Wildman–Crippen MR) is 73.8 cm³/mol. The molecule has 0 aromatic carbocycles. The van der Waals surface area contributed by atoms with E-state index in [0.29, 0.717) is 0 Å². The third-order valence-electron chi connectivity index (χ3n) is 3.06. The number of carbonyl (C=O) groups excluding carboxylic acids is 1. The summed E-state index contributed by atoms with van der Waals surface area (Å²) < 4.78 is 0. The lowest BCUT2D eigenvalue weighted by atomic mass is 9.72. The van der Waals surface area contributed by atoms with E-state index in [-0.39, 0.29) is 16.6 Å². The molecule has 0 amide bonds. The van der Waals surface area contributed by atoms with Crippen molar-refractivity contribution in [2.45, 2.75) is 48.5 Å². The molecule has 1 heteroatoms. The number of Topliss-reactive ketones (excluding diaryl/α,β-unsaturated/α-hetero) is 1. The van der Waals surface area contributed by atoms with Gasteiger partial charge in [-0.2, -0.15) is 0 Å². The van der Waals surface area contributed by atoms with E-state index >= 15 is 0 Å². The zero-order valence-electron chi connectivity index (χ0n) is 12.1. The fraction of sp³-hybridized carbons (Fsp3) is 0.562. The number of hydrogen-bond acceptors (Lipinski definition) is 1. The topological polar surface area (TPSA) is 17.1 Å². The van der Waals surface area contributed by atoms with Crippen LogP contribution < -0.4 is 0 Å². The zero-order valence-corrected chi connectivity index (χ0v) is 12.1. The normalized spacial score (nSPS) is 17.8. The van der Waals surface area contributed by atoms with Crippen molar-refractivity contribution in [3.8, 4) is 0 Å². The molecule has 0 heterocycles. The lowest BCUT2D eigenvalue weighted by Crippen LogP contribution is -2.27. The average Bonchev–Trinajstić information content (AvgIpc) is 2.14. The Balaban J connectivity index is 3.33. The summed E-state index contributed by atoms with van der Waals surface area (Å²) in [6.07, 6.45) is 6.11. The molecular weight excluding hydrogens is 208 g/mol. The number of hydrogen-bond donors (Lipinski definition) is 0. The standard InChI is InChI=1S/C16H24O/c1-8-11-9-12(15(2,3)4)14(17)13(10-11)16(5,6)7/h8-10H,1-7H3. The van der Waals surface area contributed by atoms with Crippen LogP contribution in [0.1, 0.15) is 48.5 Å². The van der Waals surface area contributed by atoms with E-state index in [0.717, 1.165) is 16.7 Å². The maximum absolute atomic E-state index is 12.5.